The first-order chi connectivity index (χ1) is 25.5. The molecule has 1 heterocycles. The summed E-state index contributed by atoms with van der Waals surface area (Å²) in [5.74, 6) is 0. The summed E-state index contributed by atoms with van der Waals surface area (Å²) in [6, 6.07) is 62.5. The number of benzene rings is 9. The molecule has 0 N–H and O–H groups in total. The molecule has 0 fully saturated rings. The molecule has 10 aromatic rings. The average molecular weight is 663 g/mol. The van der Waals surface area contributed by atoms with E-state index in [2.05, 4.69) is 184 Å². The van der Waals surface area contributed by atoms with Crippen LogP contribution in [0.15, 0.2) is 174 Å². The minimum Gasteiger partial charge on any atom is -0.456 e. The van der Waals surface area contributed by atoms with Gasteiger partial charge in [0.05, 0.1) is 0 Å². The maximum absolute atomic E-state index is 6.37. The van der Waals surface area contributed by atoms with Crippen molar-refractivity contribution in [3.05, 3.63) is 181 Å². The maximum Gasteiger partial charge on any atom is 0.135 e. The third kappa shape index (κ3) is 4.29. The highest BCUT2D eigenvalue weighted by Crippen LogP contribution is 2.49. The normalized spacial score (nSPS) is 13.3. The minimum atomic E-state index is -0.0322. The van der Waals surface area contributed by atoms with Crippen molar-refractivity contribution in [1.82, 2.24) is 0 Å². The summed E-state index contributed by atoms with van der Waals surface area (Å²) >= 11 is 0. The molecule has 1 heteroatoms. The molecule has 0 bridgehead atoms. The number of fused-ring (bicyclic) bond motifs is 10. The van der Waals surface area contributed by atoms with E-state index >= 15 is 0 Å². The van der Waals surface area contributed by atoms with Gasteiger partial charge in [-0.05, 0) is 136 Å². The van der Waals surface area contributed by atoms with Gasteiger partial charge in [0.2, 0.25) is 0 Å². The molecule has 0 radical (unpaired) electrons. The average Bonchev–Trinajstić information content (AvgIpc) is 3.67. The third-order valence-corrected chi connectivity index (χ3v) is 11.6. The molecule has 9 aromatic carbocycles. The van der Waals surface area contributed by atoms with Crippen molar-refractivity contribution in [3.8, 4) is 44.5 Å². The predicted octanol–water partition coefficient (Wildman–Crippen LogP) is 14.4. The summed E-state index contributed by atoms with van der Waals surface area (Å²) in [5.41, 5.74) is 14.6. The van der Waals surface area contributed by atoms with Crippen LogP contribution < -0.4 is 0 Å². The fourth-order valence-corrected chi connectivity index (χ4v) is 8.91. The van der Waals surface area contributed by atoms with Gasteiger partial charge in [-0.1, -0.05) is 135 Å². The van der Waals surface area contributed by atoms with Crippen LogP contribution in [0.1, 0.15) is 25.0 Å². The Balaban J connectivity index is 0.972. The van der Waals surface area contributed by atoms with Crippen LogP contribution in [0, 0.1) is 0 Å². The Hall–Kier alpha value is -6.44. The lowest BCUT2D eigenvalue weighted by Crippen LogP contribution is -2.14. The Bertz CT molecular complexity index is 3100. The minimum absolute atomic E-state index is 0.0322. The summed E-state index contributed by atoms with van der Waals surface area (Å²) in [7, 11) is 0. The molecule has 244 valence electrons. The van der Waals surface area contributed by atoms with Crippen molar-refractivity contribution in [2.45, 2.75) is 19.3 Å². The molecule has 11 rings (SSSR count). The SMILES string of the molecule is CC1(C)c2ccccc2-c2ccc(-c3ccc4oc5ccc(-c6ccc7cc(-c8cc9ccccc9c9ccccc89)ccc7c6)cc5c4c3)cc21. The third-order valence-electron chi connectivity index (χ3n) is 11.6. The number of hydrogen-bond acceptors (Lipinski definition) is 1. The van der Waals surface area contributed by atoms with Gasteiger partial charge >= 0.3 is 0 Å². The molecule has 0 atom stereocenters. The molecule has 1 aliphatic carbocycles. The summed E-state index contributed by atoms with van der Waals surface area (Å²) in [5, 5.41) is 9.89. The van der Waals surface area contributed by atoms with Crippen LogP contribution in [-0.2, 0) is 5.41 Å². The van der Waals surface area contributed by atoms with E-state index < -0.39 is 0 Å². The van der Waals surface area contributed by atoms with Crippen LogP contribution in [0.5, 0.6) is 0 Å². The topological polar surface area (TPSA) is 13.1 Å². The van der Waals surface area contributed by atoms with Crippen LogP contribution >= 0.6 is 0 Å². The van der Waals surface area contributed by atoms with Gasteiger partial charge in [-0.15, -0.1) is 0 Å². The van der Waals surface area contributed by atoms with Crippen LogP contribution in [0.2, 0.25) is 0 Å². The zero-order valence-electron chi connectivity index (χ0n) is 29.1. The van der Waals surface area contributed by atoms with E-state index in [0.717, 1.165) is 21.9 Å². The van der Waals surface area contributed by atoms with Crippen molar-refractivity contribution in [1.29, 1.82) is 0 Å². The summed E-state index contributed by atoms with van der Waals surface area (Å²) in [4.78, 5) is 0. The van der Waals surface area contributed by atoms with E-state index in [1.807, 2.05) is 0 Å². The zero-order chi connectivity index (χ0) is 34.6. The van der Waals surface area contributed by atoms with Crippen molar-refractivity contribution < 1.29 is 4.42 Å². The summed E-state index contributed by atoms with van der Waals surface area (Å²) in [6.07, 6.45) is 0. The van der Waals surface area contributed by atoms with E-state index in [0.29, 0.717) is 0 Å². The monoisotopic (exact) mass is 662 g/mol. The Labute approximate surface area is 302 Å². The van der Waals surface area contributed by atoms with Gasteiger partial charge in [0.25, 0.3) is 0 Å². The van der Waals surface area contributed by atoms with Crippen LogP contribution in [-0.4, -0.2) is 0 Å². The van der Waals surface area contributed by atoms with Crippen LogP contribution in [0.25, 0.3) is 98.8 Å². The molecule has 1 aromatic heterocycles. The van der Waals surface area contributed by atoms with Gasteiger partial charge in [0.15, 0.2) is 0 Å². The number of rotatable bonds is 3. The van der Waals surface area contributed by atoms with Crippen molar-refractivity contribution >= 4 is 54.3 Å². The Kier molecular flexibility index (Phi) is 6.08. The number of furan rings is 1. The highest BCUT2D eigenvalue weighted by molar-refractivity contribution is 6.14. The van der Waals surface area contributed by atoms with Crippen molar-refractivity contribution in [2.24, 2.45) is 0 Å². The summed E-state index contributed by atoms with van der Waals surface area (Å²) in [6.45, 7) is 4.68. The first-order valence-corrected chi connectivity index (χ1v) is 18.2. The molecule has 1 nitrogen and oxygen atoms in total. The zero-order valence-corrected chi connectivity index (χ0v) is 29.1. The fourth-order valence-electron chi connectivity index (χ4n) is 8.91. The lowest BCUT2D eigenvalue weighted by atomic mass is 9.81. The van der Waals surface area contributed by atoms with Crippen molar-refractivity contribution in [3.63, 3.8) is 0 Å². The Morgan fingerprint density at radius 2 is 0.865 bits per heavy atom. The predicted molar refractivity (Wildman–Crippen MR) is 220 cm³/mol. The maximum atomic E-state index is 6.37. The quantitative estimate of drug-likeness (QED) is 0.172. The molecular weight excluding hydrogens is 629 g/mol. The lowest BCUT2D eigenvalue weighted by molar-refractivity contribution is 0.660. The van der Waals surface area contributed by atoms with Crippen LogP contribution in [0.4, 0.5) is 0 Å². The highest BCUT2D eigenvalue weighted by atomic mass is 16.3. The van der Waals surface area contributed by atoms with Gasteiger partial charge in [0.1, 0.15) is 11.2 Å². The van der Waals surface area contributed by atoms with Gasteiger partial charge < -0.3 is 4.42 Å². The van der Waals surface area contributed by atoms with Gasteiger partial charge in [-0.25, -0.2) is 0 Å². The number of hydrogen-bond donors (Lipinski definition) is 0. The molecule has 0 saturated carbocycles. The first-order valence-electron chi connectivity index (χ1n) is 18.2. The fraction of sp³-hybridized carbons (Fsp3) is 0.0588. The Morgan fingerprint density at radius 1 is 0.327 bits per heavy atom. The molecule has 0 saturated heterocycles. The van der Waals surface area contributed by atoms with E-state index in [1.165, 1.54) is 88.0 Å². The van der Waals surface area contributed by atoms with Gasteiger partial charge in [-0.3, -0.25) is 0 Å². The smallest absolute Gasteiger partial charge is 0.135 e. The molecule has 0 aliphatic heterocycles. The molecule has 0 amide bonds. The Morgan fingerprint density at radius 3 is 1.63 bits per heavy atom. The van der Waals surface area contributed by atoms with E-state index in [4.69, 9.17) is 4.42 Å². The van der Waals surface area contributed by atoms with Crippen molar-refractivity contribution in [2.75, 3.05) is 0 Å². The molecule has 0 spiro atoms. The van der Waals surface area contributed by atoms with E-state index in [-0.39, 0.29) is 5.41 Å². The highest BCUT2D eigenvalue weighted by Gasteiger charge is 2.35. The second-order valence-electron chi connectivity index (χ2n) is 14.9. The van der Waals surface area contributed by atoms with Gasteiger partial charge in [-0.2, -0.15) is 0 Å². The second-order valence-corrected chi connectivity index (χ2v) is 14.9. The second kappa shape index (κ2) is 10.8. The lowest BCUT2D eigenvalue weighted by Gasteiger charge is -2.22. The molecular formula is C51H34O. The van der Waals surface area contributed by atoms with Crippen LogP contribution in [0.3, 0.4) is 0 Å². The van der Waals surface area contributed by atoms with Gasteiger partial charge in [0, 0.05) is 16.2 Å². The summed E-state index contributed by atoms with van der Waals surface area (Å²) < 4.78 is 6.37. The van der Waals surface area contributed by atoms with E-state index in [1.54, 1.807) is 0 Å². The standard InChI is InChI=1S/C51H34O/c1-51(2)47-14-8-7-13-42(47)43-22-19-36(30-48(43)51)35-21-24-50-46(28-35)45-27-34(20-23-49(45)52-50)32-15-16-33-26-38(18-17-31(33)25-32)44-29-37-9-3-4-10-39(37)40-11-5-6-12-41(40)44/h3-30H,1-2H3. The molecule has 0 unspecified atom stereocenters. The first kappa shape index (κ1) is 29.3. The molecule has 1 aliphatic rings. The molecule has 52 heavy (non-hydrogen) atoms. The van der Waals surface area contributed by atoms with E-state index in [9.17, 15) is 0 Å². The largest absolute Gasteiger partial charge is 0.456 e.